The van der Waals surface area contributed by atoms with Crippen LogP contribution in [-0.2, 0) is 9.59 Å². The minimum absolute atomic E-state index is 0.242. The van der Waals surface area contributed by atoms with Crippen LogP contribution in [0.3, 0.4) is 0 Å². The number of hydrogen-bond donors (Lipinski definition) is 2. The van der Waals surface area contributed by atoms with E-state index in [-0.39, 0.29) is 23.9 Å². The second-order valence-corrected chi connectivity index (χ2v) is 3.42. The van der Waals surface area contributed by atoms with Gasteiger partial charge in [0.25, 0.3) is 0 Å². The average Bonchev–Trinajstić information content (AvgIpc) is 2.20. The predicted octanol–water partition coefficient (Wildman–Crippen LogP) is 0.368. The molecule has 0 saturated heterocycles. The highest BCUT2D eigenvalue weighted by Crippen LogP contribution is 2.32. The SMILES string of the molecule is CCC1(CC)C(=O)NC=C(CO)C1=O. The van der Waals surface area contributed by atoms with E-state index in [9.17, 15) is 9.59 Å². The maximum Gasteiger partial charge on any atom is 0.237 e. The lowest BCUT2D eigenvalue weighted by Gasteiger charge is -2.31. The molecule has 14 heavy (non-hydrogen) atoms. The van der Waals surface area contributed by atoms with Gasteiger partial charge in [0.05, 0.1) is 6.61 Å². The third-order valence-electron chi connectivity index (χ3n) is 2.92. The van der Waals surface area contributed by atoms with Crippen molar-refractivity contribution in [1.29, 1.82) is 0 Å². The van der Waals surface area contributed by atoms with Crippen LogP contribution >= 0.6 is 0 Å². The molecule has 0 fully saturated rings. The maximum absolute atomic E-state index is 11.9. The molecular formula is C10H15NO3. The lowest BCUT2D eigenvalue weighted by molar-refractivity contribution is -0.141. The first-order valence-corrected chi connectivity index (χ1v) is 4.78. The van der Waals surface area contributed by atoms with E-state index < -0.39 is 5.41 Å². The van der Waals surface area contributed by atoms with Crippen molar-refractivity contribution in [2.45, 2.75) is 26.7 Å². The molecule has 1 amide bonds. The van der Waals surface area contributed by atoms with Crippen LogP contribution in [-0.4, -0.2) is 23.4 Å². The molecule has 0 bridgehead atoms. The van der Waals surface area contributed by atoms with E-state index in [0.717, 1.165) is 0 Å². The number of Topliss-reactive ketones (excluding diaryl/α,β-unsaturated/α-hetero) is 1. The molecule has 0 aromatic rings. The van der Waals surface area contributed by atoms with Crippen LogP contribution in [0, 0.1) is 5.41 Å². The highest BCUT2D eigenvalue weighted by Gasteiger charge is 2.45. The summed E-state index contributed by atoms with van der Waals surface area (Å²) < 4.78 is 0. The quantitative estimate of drug-likeness (QED) is 0.642. The minimum Gasteiger partial charge on any atom is -0.391 e. The Balaban J connectivity index is 3.12. The summed E-state index contributed by atoms with van der Waals surface area (Å²) in [7, 11) is 0. The van der Waals surface area contributed by atoms with Crippen molar-refractivity contribution >= 4 is 11.7 Å². The number of aliphatic hydroxyl groups excluding tert-OH is 1. The lowest BCUT2D eigenvalue weighted by atomic mass is 9.73. The number of hydrogen-bond acceptors (Lipinski definition) is 3. The van der Waals surface area contributed by atoms with Crippen molar-refractivity contribution in [2.24, 2.45) is 5.41 Å². The molecule has 0 spiro atoms. The van der Waals surface area contributed by atoms with Crippen molar-refractivity contribution in [3.05, 3.63) is 11.8 Å². The summed E-state index contributed by atoms with van der Waals surface area (Å²) in [4.78, 5) is 23.5. The smallest absolute Gasteiger partial charge is 0.237 e. The summed E-state index contributed by atoms with van der Waals surface area (Å²) >= 11 is 0. The van der Waals surface area contributed by atoms with E-state index in [1.165, 1.54) is 6.20 Å². The number of nitrogens with one attached hydrogen (secondary N) is 1. The molecule has 1 rings (SSSR count). The number of rotatable bonds is 3. The van der Waals surface area contributed by atoms with E-state index in [2.05, 4.69) is 5.32 Å². The standard InChI is InChI=1S/C10H15NO3/c1-3-10(4-2)8(13)7(6-12)5-11-9(10)14/h5,12H,3-4,6H2,1-2H3,(H,11,14). The van der Waals surface area contributed by atoms with E-state index in [0.29, 0.717) is 12.8 Å². The van der Waals surface area contributed by atoms with Crippen LogP contribution in [0.15, 0.2) is 11.8 Å². The maximum atomic E-state index is 11.9. The van der Waals surface area contributed by atoms with E-state index in [1.54, 1.807) is 13.8 Å². The van der Waals surface area contributed by atoms with E-state index in [4.69, 9.17) is 5.11 Å². The molecule has 1 aliphatic heterocycles. The predicted molar refractivity (Wildman–Crippen MR) is 51.3 cm³/mol. The Morgan fingerprint density at radius 1 is 1.36 bits per heavy atom. The first kappa shape index (κ1) is 10.9. The van der Waals surface area contributed by atoms with Crippen LogP contribution in [0.1, 0.15) is 26.7 Å². The molecule has 4 heteroatoms. The van der Waals surface area contributed by atoms with Gasteiger partial charge in [-0.3, -0.25) is 9.59 Å². The number of amides is 1. The second-order valence-electron chi connectivity index (χ2n) is 3.42. The Morgan fingerprint density at radius 2 is 1.93 bits per heavy atom. The minimum atomic E-state index is -0.965. The molecule has 0 aliphatic carbocycles. The Bertz CT molecular complexity index is 290. The molecule has 0 aromatic carbocycles. The number of carbonyl (C=O) groups excluding carboxylic acids is 2. The Labute approximate surface area is 83.0 Å². The second kappa shape index (κ2) is 3.92. The summed E-state index contributed by atoms with van der Waals surface area (Å²) in [6, 6.07) is 0. The number of carbonyl (C=O) groups is 2. The molecule has 0 atom stereocenters. The first-order valence-electron chi connectivity index (χ1n) is 4.78. The molecule has 0 radical (unpaired) electrons. The topological polar surface area (TPSA) is 66.4 Å². The van der Waals surface area contributed by atoms with Gasteiger partial charge < -0.3 is 10.4 Å². The largest absolute Gasteiger partial charge is 0.391 e. The normalized spacial score (nSPS) is 20.4. The van der Waals surface area contributed by atoms with Crippen molar-refractivity contribution in [3.63, 3.8) is 0 Å². The van der Waals surface area contributed by atoms with Gasteiger partial charge in [0.2, 0.25) is 5.91 Å². The van der Waals surface area contributed by atoms with Gasteiger partial charge in [0.15, 0.2) is 5.78 Å². The van der Waals surface area contributed by atoms with Gasteiger partial charge in [-0.1, -0.05) is 13.8 Å². The fraction of sp³-hybridized carbons (Fsp3) is 0.600. The third kappa shape index (κ3) is 1.35. The summed E-state index contributed by atoms with van der Waals surface area (Å²) in [5.74, 6) is -0.501. The summed E-state index contributed by atoms with van der Waals surface area (Å²) in [6.45, 7) is 3.30. The summed E-state index contributed by atoms with van der Waals surface area (Å²) in [6.07, 6.45) is 2.23. The molecule has 78 valence electrons. The highest BCUT2D eigenvalue weighted by atomic mass is 16.3. The zero-order valence-corrected chi connectivity index (χ0v) is 8.46. The molecule has 4 nitrogen and oxygen atoms in total. The molecule has 0 saturated carbocycles. The van der Waals surface area contributed by atoms with Gasteiger partial charge in [-0.05, 0) is 12.8 Å². The summed E-state index contributed by atoms with van der Waals surface area (Å²) in [5.41, 5.74) is -0.680. The molecule has 0 aromatic heterocycles. The Kier molecular flexibility index (Phi) is 3.06. The van der Waals surface area contributed by atoms with Crippen LogP contribution < -0.4 is 5.32 Å². The van der Waals surface area contributed by atoms with Gasteiger partial charge in [-0.2, -0.15) is 0 Å². The van der Waals surface area contributed by atoms with Crippen molar-refractivity contribution in [1.82, 2.24) is 5.32 Å². The third-order valence-corrected chi connectivity index (χ3v) is 2.92. The van der Waals surface area contributed by atoms with Gasteiger partial charge in [-0.25, -0.2) is 0 Å². The van der Waals surface area contributed by atoms with Gasteiger partial charge in [0.1, 0.15) is 5.41 Å². The first-order chi connectivity index (χ1) is 6.62. The molecule has 1 heterocycles. The van der Waals surface area contributed by atoms with Gasteiger partial charge in [0, 0.05) is 11.8 Å². The number of aliphatic hydroxyl groups is 1. The van der Waals surface area contributed by atoms with Crippen LogP contribution in [0.25, 0.3) is 0 Å². The lowest BCUT2D eigenvalue weighted by Crippen LogP contribution is -2.49. The molecule has 2 N–H and O–H groups in total. The average molecular weight is 197 g/mol. The molecule has 1 aliphatic rings. The van der Waals surface area contributed by atoms with Gasteiger partial charge in [-0.15, -0.1) is 0 Å². The van der Waals surface area contributed by atoms with E-state index >= 15 is 0 Å². The van der Waals surface area contributed by atoms with Crippen LogP contribution in [0.4, 0.5) is 0 Å². The van der Waals surface area contributed by atoms with Crippen molar-refractivity contribution in [2.75, 3.05) is 6.61 Å². The van der Waals surface area contributed by atoms with Crippen LogP contribution in [0.5, 0.6) is 0 Å². The zero-order chi connectivity index (χ0) is 10.8. The van der Waals surface area contributed by atoms with Crippen molar-refractivity contribution < 1.29 is 14.7 Å². The molecule has 0 unspecified atom stereocenters. The Morgan fingerprint density at radius 3 is 2.36 bits per heavy atom. The molecular weight excluding hydrogens is 182 g/mol. The summed E-state index contributed by atoms with van der Waals surface area (Å²) in [5, 5.41) is 11.5. The van der Waals surface area contributed by atoms with Crippen LogP contribution in [0.2, 0.25) is 0 Å². The number of ketones is 1. The zero-order valence-electron chi connectivity index (χ0n) is 8.46. The monoisotopic (exact) mass is 197 g/mol. The van der Waals surface area contributed by atoms with Crippen molar-refractivity contribution in [3.8, 4) is 0 Å². The van der Waals surface area contributed by atoms with Gasteiger partial charge >= 0.3 is 0 Å². The highest BCUT2D eigenvalue weighted by molar-refractivity contribution is 6.16. The van der Waals surface area contributed by atoms with E-state index in [1.807, 2.05) is 0 Å². The Hall–Kier alpha value is -1.16. The fourth-order valence-corrected chi connectivity index (χ4v) is 1.78. The fourth-order valence-electron chi connectivity index (χ4n) is 1.78.